The van der Waals surface area contributed by atoms with Crippen LogP contribution in [-0.4, -0.2) is 23.3 Å². The molecule has 2 N–H and O–H groups in total. The molecule has 2 heterocycles. The molecule has 0 fully saturated rings. The highest BCUT2D eigenvalue weighted by molar-refractivity contribution is 7.18. The number of thiazole rings is 1. The molecule has 7 heteroatoms. The number of aromatic nitrogens is 3. The number of hydrogen-bond acceptors (Lipinski definition) is 6. The van der Waals surface area contributed by atoms with Crippen molar-refractivity contribution in [3.63, 3.8) is 0 Å². The first kappa shape index (κ1) is 14.4. The summed E-state index contributed by atoms with van der Waals surface area (Å²) in [5.74, 6) is 0.430. The van der Waals surface area contributed by atoms with Crippen molar-refractivity contribution in [2.45, 2.75) is 45.5 Å². The van der Waals surface area contributed by atoms with E-state index in [0.717, 1.165) is 9.84 Å². The number of hydrogen-bond donors (Lipinski definition) is 1. The second-order valence-corrected chi connectivity index (χ2v) is 11.9. The molecule has 0 bridgehead atoms. The van der Waals surface area contributed by atoms with Gasteiger partial charge in [0.2, 0.25) is 0 Å². The Hall–Kier alpha value is -1.05. The maximum absolute atomic E-state index is 6.15. The summed E-state index contributed by atoms with van der Waals surface area (Å²) in [5, 5.41) is 1.11. The number of fused-ring (bicyclic) bond motifs is 1. The largest absolute Gasteiger partial charge is 0.410 e. The molecule has 0 radical (unpaired) electrons. The summed E-state index contributed by atoms with van der Waals surface area (Å²) in [6, 6.07) is 0. The Bertz CT molecular complexity index is 591. The normalized spacial score (nSPS) is 13.1. The summed E-state index contributed by atoms with van der Waals surface area (Å²) >= 11 is 1.52. The molecule has 0 amide bonds. The minimum Gasteiger partial charge on any atom is -0.410 e. The van der Waals surface area contributed by atoms with E-state index in [2.05, 4.69) is 48.8 Å². The second-order valence-electron chi connectivity index (χ2n) is 6.07. The van der Waals surface area contributed by atoms with Crippen LogP contribution >= 0.6 is 11.3 Å². The molecule has 2 aromatic rings. The second kappa shape index (κ2) is 4.81. The number of nitrogens with two attached hydrogens (primary N) is 1. The van der Waals surface area contributed by atoms with Gasteiger partial charge in [-0.2, -0.15) is 0 Å². The molecule has 0 saturated carbocycles. The van der Waals surface area contributed by atoms with Gasteiger partial charge in [-0.3, -0.25) is 0 Å². The number of rotatable bonds is 3. The molecule has 19 heavy (non-hydrogen) atoms. The molecule has 2 rings (SSSR count). The highest BCUT2D eigenvalue weighted by Gasteiger charge is 2.37. The van der Waals surface area contributed by atoms with Gasteiger partial charge in [-0.25, -0.2) is 15.0 Å². The van der Waals surface area contributed by atoms with Crippen molar-refractivity contribution >= 4 is 35.8 Å². The SMILES string of the molecule is CC(C)(C)[Si](C)(C)OCc1nc2c(N)ncnc2s1. The van der Waals surface area contributed by atoms with Gasteiger partial charge in [0.05, 0.1) is 6.61 Å². The van der Waals surface area contributed by atoms with Crippen LogP contribution in [0.3, 0.4) is 0 Å². The van der Waals surface area contributed by atoms with Crippen LogP contribution in [0.5, 0.6) is 0 Å². The molecule has 0 aliphatic heterocycles. The molecule has 0 saturated heterocycles. The Morgan fingerprint density at radius 2 is 2.00 bits per heavy atom. The maximum atomic E-state index is 6.15. The fourth-order valence-electron chi connectivity index (χ4n) is 1.33. The van der Waals surface area contributed by atoms with Gasteiger partial charge in [-0.15, -0.1) is 0 Å². The molecule has 0 unspecified atom stereocenters. The lowest BCUT2D eigenvalue weighted by Gasteiger charge is -2.35. The van der Waals surface area contributed by atoms with Gasteiger partial charge in [-0.05, 0) is 18.1 Å². The molecular formula is C12H20N4OSSi. The van der Waals surface area contributed by atoms with Crippen LogP contribution in [0.4, 0.5) is 5.82 Å². The zero-order valence-corrected chi connectivity index (χ0v) is 13.8. The fourth-order valence-corrected chi connectivity index (χ4v) is 3.19. The van der Waals surface area contributed by atoms with E-state index in [4.69, 9.17) is 10.2 Å². The quantitative estimate of drug-likeness (QED) is 0.880. The first-order chi connectivity index (χ1) is 8.71. The van der Waals surface area contributed by atoms with Gasteiger partial charge >= 0.3 is 0 Å². The highest BCUT2D eigenvalue weighted by atomic mass is 32.1. The van der Waals surface area contributed by atoms with E-state index >= 15 is 0 Å². The third-order valence-electron chi connectivity index (χ3n) is 3.63. The van der Waals surface area contributed by atoms with Crippen molar-refractivity contribution in [2.75, 3.05) is 5.73 Å². The van der Waals surface area contributed by atoms with E-state index in [1.165, 1.54) is 17.7 Å². The zero-order chi connectivity index (χ0) is 14.3. The van der Waals surface area contributed by atoms with Gasteiger partial charge < -0.3 is 10.2 Å². The Morgan fingerprint density at radius 1 is 1.32 bits per heavy atom. The molecule has 5 nitrogen and oxygen atoms in total. The first-order valence-corrected chi connectivity index (χ1v) is 9.93. The molecule has 104 valence electrons. The van der Waals surface area contributed by atoms with E-state index in [9.17, 15) is 0 Å². The summed E-state index contributed by atoms with van der Waals surface area (Å²) < 4.78 is 6.15. The number of nitrogens with zero attached hydrogens (tertiary/aromatic N) is 3. The van der Waals surface area contributed by atoms with Crippen molar-refractivity contribution in [1.29, 1.82) is 0 Å². The van der Waals surface area contributed by atoms with E-state index in [1.807, 2.05) is 0 Å². The Labute approximate surface area is 118 Å². The van der Waals surface area contributed by atoms with Gasteiger partial charge in [0.25, 0.3) is 0 Å². The predicted molar refractivity (Wildman–Crippen MR) is 81.6 cm³/mol. The van der Waals surface area contributed by atoms with Crippen molar-refractivity contribution < 1.29 is 4.43 Å². The predicted octanol–water partition coefficient (Wildman–Crippen LogP) is 3.19. The third-order valence-corrected chi connectivity index (χ3v) is 9.05. The van der Waals surface area contributed by atoms with Crippen molar-refractivity contribution in [3.05, 3.63) is 11.3 Å². The van der Waals surface area contributed by atoms with Gasteiger partial charge in [0, 0.05) is 0 Å². The third kappa shape index (κ3) is 2.93. The minimum absolute atomic E-state index is 0.197. The van der Waals surface area contributed by atoms with Crippen molar-refractivity contribution in [1.82, 2.24) is 15.0 Å². The summed E-state index contributed by atoms with van der Waals surface area (Å²) in [7, 11) is -1.75. The summed E-state index contributed by atoms with van der Waals surface area (Å²) in [6.45, 7) is 11.7. The molecule has 0 aromatic carbocycles. The van der Waals surface area contributed by atoms with Crippen LogP contribution in [-0.2, 0) is 11.0 Å². The van der Waals surface area contributed by atoms with E-state index in [0.29, 0.717) is 17.9 Å². The maximum Gasteiger partial charge on any atom is 0.192 e. The van der Waals surface area contributed by atoms with Crippen LogP contribution in [0.25, 0.3) is 10.3 Å². The van der Waals surface area contributed by atoms with Crippen LogP contribution in [0.1, 0.15) is 25.8 Å². The summed E-state index contributed by atoms with van der Waals surface area (Å²) in [6.07, 6.45) is 1.47. The molecular weight excluding hydrogens is 276 g/mol. The molecule has 0 aliphatic rings. The van der Waals surface area contributed by atoms with Gasteiger partial charge in [0.15, 0.2) is 14.1 Å². The molecule has 2 aromatic heterocycles. The molecule has 0 aliphatic carbocycles. The Kier molecular flexibility index (Phi) is 3.63. The first-order valence-electron chi connectivity index (χ1n) is 6.20. The van der Waals surface area contributed by atoms with E-state index in [-0.39, 0.29) is 5.04 Å². The lowest BCUT2D eigenvalue weighted by Crippen LogP contribution is -2.40. The molecule has 0 spiro atoms. The Balaban J connectivity index is 2.17. The van der Waals surface area contributed by atoms with Crippen molar-refractivity contribution in [2.24, 2.45) is 0 Å². The van der Waals surface area contributed by atoms with Gasteiger partial charge in [-0.1, -0.05) is 32.1 Å². The standard InChI is InChI=1S/C12H20N4OSSi/c1-12(2,3)19(4,5)17-6-8-16-9-10(13)14-7-15-11(9)18-8/h7H,6H2,1-5H3,(H2,13,14,15). The summed E-state index contributed by atoms with van der Waals surface area (Å²) in [4.78, 5) is 13.4. The number of anilines is 1. The average molecular weight is 296 g/mol. The van der Waals surface area contributed by atoms with Crippen LogP contribution in [0.15, 0.2) is 6.33 Å². The lowest BCUT2D eigenvalue weighted by atomic mass is 10.2. The average Bonchev–Trinajstić information content (AvgIpc) is 2.69. The minimum atomic E-state index is -1.75. The summed E-state index contributed by atoms with van der Waals surface area (Å²) in [5.41, 5.74) is 6.46. The van der Waals surface area contributed by atoms with Crippen LogP contribution < -0.4 is 5.73 Å². The highest BCUT2D eigenvalue weighted by Crippen LogP contribution is 2.37. The number of nitrogen functional groups attached to an aromatic ring is 1. The zero-order valence-electron chi connectivity index (χ0n) is 12.0. The van der Waals surface area contributed by atoms with Crippen molar-refractivity contribution in [3.8, 4) is 0 Å². The lowest BCUT2D eigenvalue weighted by molar-refractivity contribution is 0.276. The van der Waals surface area contributed by atoms with Gasteiger partial charge in [0.1, 0.15) is 21.7 Å². The van der Waals surface area contributed by atoms with E-state index < -0.39 is 8.32 Å². The topological polar surface area (TPSA) is 73.9 Å². The molecule has 0 atom stereocenters. The van der Waals surface area contributed by atoms with Crippen LogP contribution in [0, 0.1) is 0 Å². The van der Waals surface area contributed by atoms with Crippen LogP contribution in [0.2, 0.25) is 18.1 Å². The monoisotopic (exact) mass is 296 g/mol. The Morgan fingerprint density at radius 3 is 2.58 bits per heavy atom. The smallest absolute Gasteiger partial charge is 0.192 e. The fraction of sp³-hybridized carbons (Fsp3) is 0.583. The van der Waals surface area contributed by atoms with E-state index in [1.54, 1.807) is 0 Å².